The molecule has 3 atom stereocenters. The molecule has 480 valence electrons. The van der Waals surface area contributed by atoms with Crippen molar-refractivity contribution >= 4 is 17.9 Å². The number of hydrogen-bond acceptors (Lipinski definition) is 12. The number of esters is 3. The van der Waals surface area contributed by atoms with Crippen molar-refractivity contribution < 1.29 is 57.0 Å². The molecular weight excluding hydrogens is 1200 g/mol. The van der Waals surface area contributed by atoms with E-state index in [0.29, 0.717) is 53.2 Å². The molecule has 96 heavy (non-hydrogen) atoms. The van der Waals surface area contributed by atoms with Crippen LogP contribution >= 0.6 is 0 Å². The Hall–Kier alpha value is -11.9. The second kappa shape index (κ2) is 33.6. The maximum absolute atomic E-state index is 12.0. The largest absolute Gasteiger partial charge is 0.497 e. The molecule has 0 bridgehead atoms. The minimum Gasteiger partial charge on any atom is -0.497 e. The lowest BCUT2D eigenvalue weighted by molar-refractivity contribution is 0.0592. The lowest BCUT2D eigenvalue weighted by atomic mass is 9.88. The van der Waals surface area contributed by atoms with E-state index in [9.17, 15) is 14.4 Å². The van der Waals surface area contributed by atoms with Crippen LogP contribution in [-0.4, -0.2) is 60.6 Å². The van der Waals surface area contributed by atoms with Crippen molar-refractivity contribution in [3.63, 3.8) is 0 Å². The summed E-state index contributed by atoms with van der Waals surface area (Å²) in [6, 6.07) is 76.1. The molecule has 10 aromatic carbocycles. The van der Waals surface area contributed by atoms with Crippen LogP contribution in [0.25, 0.3) is 0 Å². The summed E-state index contributed by atoms with van der Waals surface area (Å²) in [6.07, 6.45) is 1.61. The zero-order valence-electron chi connectivity index (χ0n) is 54.4. The first-order chi connectivity index (χ1) is 47.0. The average Bonchev–Trinajstić information content (AvgIpc) is 1.02. The number of carbonyl (C=O) groups is 3. The van der Waals surface area contributed by atoms with Crippen LogP contribution in [0.15, 0.2) is 237 Å². The van der Waals surface area contributed by atoms with Gasteiger partial charge in [0.05, 0.1) is 59.3 Å². The Morgan fingerprint density at radius 3 is 0.688 bits per heavy atom. The lowest BCUT2D eigenvalue weighted by Gasteiger charge is -2.18. The second-order valence-corrected chi connectivity index (χ2v) is 22.4. The normalized spacial score (nSPS) is 11.4. The van der Waals surface area contributed by atoms with E-state index in [1.807, 2.05) is 109 Å². The summed E-state index contributed by atoms with van der Waals surface area (Å²) in [5.74, 6) is 23.0. The molecule has 0 aliphatic rings. The van der Waals surface area contributed by atoms with Gasteiger partial charge in [0.25, 0.3) is 0 Å². The van der Waals surface area contributed by atoms with Gasteiger partial charge in [-0.15, -0.1) is 0 Å². The van der Waals surface area contributed by atoms with Crippen LogP contribution in [0.5, 0.6) is 34.5 Å². The smallest absolute Gasteiger partial charge is 0.337 e. The fraction of sp³-hybridized carbons (Fsp3) is 0.179. The average molecular weight is 1270 g/mol. The minimum atomic E-state index is -0.395. The highest BCUT2D eigenvalue weighted by Crippen LogP contribution is 2.35. The first kappa shape index (κ1) is 67.0. The number of carbonyl (C=O) groups excluding carboxylic acids is 3. The fourth-order valence-corrected chi connectivity index (χ4v) is 11.0. The van der Waals surface area contributed by atoms with E-state index in [1.165, 1.54) is 21.3 Å². The molecular formula is C84H72O12. The van der Waals surface area contributed by atoms with Gasteiger partial charge in [-0.3, -0.25) is 0 Å². The first-order valence-electron chi connectivity index (χ1n) is 31.2. The zero-order valence-corrected chi connectivity index (χ0v) is 54.4. The van der Waals surface area contributed by atoms with E-state index < -0.39 is 17.9 Å². The Morgan fingerprint density at radius 1 is 0.281 bits per heavy atom. The molecule has 0 aromatic heterocycles. The molecule has 0 saturated heterocycles. The second-order valence-electron chi connectivity index (χ2n) is 22.4. The zero-order chi connectivity index (χ0) is 67.0. The first-order valence-corrected chi connectivity index (χ1v) is 31.2. The molecule has 12 nitrogen and oxygen atoms in total. The van der Waals surface area contributed by atoms with E-state index in [4.69, 9.17) is 42.6 Å². The third kappa shape index (κ3) is 18.4. The van der Waals surface area contributed by atoms with Gasteiger partial charge in [-0.25, -0.2) is 14.4 Å². The summed E-state index contributed by atoms with van der Waals surface area (Å²) >= 11 is 0. The molecule has 3 unspecified atom stereocenters. The summed E-state index contributed by atoms with van der Waals surface area (Å²) in [5, 5.41) is 0. The highest BCUT2D eigenvalue weighted by molar-refractivity contribution is 5.90. The van der Waals surface area contributed by atoms with Crippen LogP contribution in [0.2, 0.25) is 0 Å². The van der Waals surface area contributed by atoms with Crippen molar-refractivity contribution in [2.24, 2.45) is 0 Å². The Bertz CT molecular complexity index is 3940. The molecule has 10 rings (SSSR count). The third-order valence-electron chi connectivity index (χ3n) is 16.3. The van der Waals surface area contributed by atoms with Crippen molar-refractivity contribution in [3.8, 4) is 70.0 Å². The number of rotatable bonds is 24. The van der Waals surface area contributed by atoms with Gasteiger partial charge in [-0.2, -0.15) is 0 Å². The molecule has 0 fully saturated rings. The quantitative estimate of drug-likeness (QED) is 0.0324. The highest BCUT2D eigenvalue weighted by atomic mass is 16.5. The SMILES string of the molecule is COC(=O)c1ccc(C#CCC(c2ccc(OC)cc2)c2ccc(OCc3cc(COc4ccc(C(CC#Cc5ccc(C(=O)OC)cc5)c5ccc(OC)cc5)cc4)cc(COc4ccc(C(CC#Cc5ccc(C(=O)OC)cc5)c5ccc(OC)cc5)cc4)c3)cc2)cc1. The van der Waals surface area contributed by atoms with Crippen molar-refractivity contribution in [3.05, 3.63) is 320 Å². The van der Waals surface area contributed by atoms with Gasteiger partial charge in [0, 0.05) is 53.7 Å². The molecule has 0 N–H and O–H groups in total. The topological polar surface area (TPSA) is 134 Å². The molecule has 0 aliphatic carbocycles. The van der Waals surface area contributed by atoms with Gasteiger partial charge in [-0.1, -0.05) is 108 Å². The molecule has 0 saturated carbocycles. The summed E-state index contributed by atoms with van der Waals surface area (Å²) in [6.45, 7) is 0.817. The number of benzene rings is 10. The third-order valence-corrected chi connectivity index (χ3v) is 16.3. The van der Waals surface area contributed by atoms with Crippen molar-refractivity contribution in [1.82, 2.24) is 0 Å². The van der Waals surface area contributed by atoms with Crippen LogP contribution in [0, 0.1) is 35.5 Å². The summed E-state index contributed by atoms with van der Waals surface area (Å²) in [4.78, 5) is 36.1. The Labute approximate surface area is 561 Å². The molecule has 0 heterocycles. The highest BCUT2D eigenvalue weighted by Gasteiger charge is 2.19. The van der Waals surface area contributed by atoms with Gasteiger partial charge >= 0.3 is 17.9 Å². The maximum Gasteiger partial charge on any atom is 0.337 e. The van der Waals surface area contributed by atoms with Crippen LogP contribution in [0.3, 0.4) is 0 Å². The summed E-state index contributed by atoms with van der Waals surface area (Å²) < 4.78 is 50.7. The van der Waals surface area contributed by atoms with Crippen LogP contribution < -0.4 is 28.4 Å². The van der Waals surface area contributed by atoms with Gasteiger partial charge < -0.3 is 42.6 Å². The van der Waals surface area contributed by atoms with Crippen molar-refractivity contribution in [2.45, 2.75) is 56.8 Å². The maximum atomic E-state index is 12.0. The molecule has 12 heteroatoms. The number of ether oxygens (including phenoxy) is 9. The van der Waals surface area contributed by atoms with E-state index in [1.54, 1.807) is 57.7 Å². The van der Waals surface area contributed by atoms with Gasteiger partial charge in [0.2, 0.25) is 0 Å². The Kier molecular flexibility index (Phi) is 23.4. The molecule has 0 amide bonds. The van der Waals surface area contributed by atoms with Crippen LogP contribution in [-0.2, 0) is 34.0 Å². The van der Waals surface area contributed by atoms with E-state index in [0.717, 1.165) is 84.0 Å². The summed E-state index contributed by atoms with van der Waals surface area (Å²) in [7, 11) is 9.05. The molecule has 0 radical (unpaired) electrons. The summed E-state index contributed by atoms with van der Waals surface area (Å²) in [5.41, 5.74) is 13.0. The molecule has 10 aromatic rings. The fourth-order valence-electron chi connectivity index (χ4n) is 11.0. The minimum absolute atomic E-state index is 0.0557. The van der Waals surface area contributed by atoms with E-state index >= 15 is 0 Å². The van der Waals surface area contributed by atoms with Gasteiger partial charge in [-0.05, 0) is 214 Å². The Morgan fingerprint density at radius 2 is 0.490 bits per heavy atom. The number of hydrogen-bond donors (Lipinski definition) is 0. The van der Waals surface area contributed by atoms with Crippen molar-refractivity contribution in [1.29, 1.82) is 0 Å². The van der Waals surface area contributed by atoms with E-state index in [-0.39, 0.29) is 37.6 Å². The standard InChI is InChI=1S/C84H72O12/c1-88-73-40-28-64(29-41-73)79(13-7-10-58-16-22-70(23-17-58)82(85)91-4)67-34-46-76(47-35-67)94-55-61-52-62(56-95-77-48-36-68(37-49-77)80(65-30-42-74(89-2)43-31-65)14-8-11-59-18-24-71(25-19-59)83(86)92-5)54-63(53-61)57-96-78-50-38-69(39-51-78)81(66-32-44-75(90-3)45-33-66)15-9-12-60-20-26-72(27-21-60)84(87)93-6/h16-54,79-81H,13-15,55-57H2,1-6H3. The van der Waals surface area contributed by atoms with E-state index in [2.05, 4.69) is 127 Å². The van der Waals surface area contributed by atoms with Gasteiger partial charge in [0.15, 0.2) is 0 Å². The number of methoxy groups -OCH3 is 6. The predicted molar refractivity (Wildman–Crippen MR) is 371 cm³/mol. The molecule has 0 aliphatic heterocycles. The van der Waals surface area contributed by atoms with Gasteiger partial charge in [0.1, 0.15) is 54.3 Å². The van der Waals surface area contributed by atoms with Crippen LogP contribution in [0.4, 0.5) is 0 Å². The monoisotopic (exact) mass is 1270 g/mol. The molecule has 0 spiro atoms. The predicted octanol–water partition coefficient (Wildman–Crippen LogP) is 16.5. The lowest BCUT2D eigenvalue weighted by Crippen LogP contribution is -2.05. The van der Waals surface area contributed by atoms with Crippen molar-refractivity contribution in [2.75, 3.05) is 42.7 Å². The van der Waals surface area contributed by atoms with Crippen LogP contribution in [0.1, 0.15) is 135 Å². The Balaban J connectivity index is 0.874.